The van der Waals surface area contributed by atoms with Crippen molar-refractivity contribution in [3.63, 3.8) is 0 Å². The van der Waals surface area contributed by atoms with E-state index in [9.17, 15) is 19.2 Å². The Morgan fingerprint density at radius 2 is 1.91 bits per heavy atom. The van der Waals surface area contributed by atoms with Crippen LogP contribution in [-0.4, -0.2) is 54.6 Å². The molecular weight excluding hydrogens is 306 g/mol. The Hall–Kier alpha value is -2.42. The summed E-state index contributed by atoms with van der Waals surface area (Å²) in [6.45, 7) is 1.61. The van der Waals surface area contributed by atoms with E-state index in [2.05, 4.69) is 15.4 Å². The molecule has 0 aliphatic heterocycles. The molecule has 0 aliphatic rings. The summed E-state index contributed by atoms with van der Waals surface area (Å²) in [5, 5.41) is 13.6. The number of methoxy groups -OCH3 is 1. The maximum atomic E-state index is 11.8. The Labute approximate surface area is 134 Å². The van der Waals surface area contributed by atoms with E-state index in [0.29, 0.717) is 6.42 Å². The summed E-state index contributed by atoms with van der Waals surface area (Å²) in [5.41, 5.74) is 5.65. The smallest absolute Gasteiger partial charge is 0.330 e. The number of ether oxygens (including phenoxy) is 1. The van der Waals surface area contributed by atoms with E-state index >= 15 is 0 Å². The van der Waals surface area contributed by atoms with E-state index in [4.69, 9.17) is 10.8 Å². The first-order chi connectivity index (χ1) is 10.8. The van der Waals surface area contributed by atoms with Crippen LogP contribution in [0.2, 0.25) is 0 Å². The first-order valence-corrected chi connectivity index (χ1v) is 7.14. The van der Waals surface area contributed by atoms with E-state index in [1.807, 2.05) is 6.92 Å². The van der Waals surface area contributed by atoms with Crippen molar-refractivity contribution < 1.29 is 29.0 Å². The van der Waals surface area contributed by atoms with Crippen LogP contribution in [0.3, 0.4) is 0 Å². The molecule has 9 nitrogen and oxygen atoms in total. The number of carboxylic acids is 1. The number of esters is 1. The predicted molar refractivity (Wildman–Crippen MR) is 81.2 cm³/mol. The quantitative estimate of drug-likeness (QED) is 0.294. The van der Waals surface area contributed by atoms with Crippen LogP contribution in [0.25, 0.3) is 0 Å². The number of nitrogens with one attached hydrogen (secondary N) is 2. The van der Waals surface area contributed by atoms with Crippen LogP contribution in [0.5, 0.6) is 0 Å². The molecule has 0 saturated carbocycles. The number of carbonyl (C=O) groups is 4. The number of nitrogens with two attached hydrogens (primary N) is 1. The van der Waals surface area contributed by atoms with Crippen molar-refractivity contribution in [2.24, 2.45) is 5.73 Å². The van der Waals surface area contributed by atoms with Gasteiger partial charge in [-0.3, -0.25) is 9.59 Å². The Balaban J connectivity index is 4.45. The third kappa shape index (κ3) is 9.25. The van der Waals surface area contributed by atoms with Crippen molar-refractivity contribution in [3.8, 4) is 0 Å². The molecule has 23 heavy (non-hydrogen) atoms. The number of amides is 2. The third-order valence-electron chi connectivity index (χ3n) is 2.87. The van der Waals surface area contributed by atoms with E-state index in [-0.39, 0.29) is 6.54 Å². The Morgan fingerprint density at radius 3 is 2.43 bits per heavy atom. The number of hydrogen-bond donors (Lipinski definition) is 4. The molecule has 0 fully saturated rings. The minimum Gasteiger partial charge on any atom is -0.480 e. The monoisotopic (exact) mass is 329 g/mol. The van der Waals surface area contributed by atoms with Crippen LogP contribution >= 0.6 is 0 Å². The van der Waals surface area contributed by atoms with Gasteiger partial charge in [-0.25, -0.2) is 9.59 Å². The third-order valence-corrected chi connectivity index (χ3v) is 2.87. The summed E-state index contributed by atoms with van der Waals surface area (Å²) in [6.07, 6.45) is 3.86. The summed E-state index contributed by atoms with van der Waals surface area (Å²) in [6, 6.07) is -2.11. The van der Waals surface area contributed by atoms with E-state index in [0.717, 1.165) is 32.1 Å². The van der Waals surface area contributed by atoms with Gasteiger partial charge in [0.25, 0.3) is 0 Å². The van der Waals surface area contributed by atoms with Crippen LogP contribution in [0.1, 0.15) is 26.2 Å². The molecule has 9 heteroatoms. The number of hydrogen-bond acceptors (Lipinski definition) is 6. The van der Waals surface area contributed by atoms with Gasteiger partial charge < -0.3 is 26.2 Å². The van der Waals surface area contributed by atoms with E-state index in [1.165, 1.54) is 0 Å². The molecule has 0 bridgehead atoms. The molecule has 0 heterocycles. The van der Waals surface area contributed by atoms with Crippen molar-refractivity contribution in [2.75, 3.05) is 13.7 Å². The molecule has 1 unspecified atom stereocenters. The highest BCUT2D eigenvalue weighted by molar-refractivity contribution is 5.95. The van der Waals surface area contributed by atoms with Crippen molar-refractivity contribution >= 4 is 23.8 Å². The number of aliphatic carboxylic acids is 1. The predicted octanol–water partition coefficient (Wildman–Crippen LogP) is -1.08. The largest absolute Gasteiger partial charge is 0.480 e. The zero-order valence-electron chi connectivity index (χ0n) is 13.2. The minimum absolute atomic E-state index is 0.341. The zero-order chi connectivity index (χ0) is 17.8. The zero-order valence-corrected chi connectivity index (χ0v) is 13.2. The van der Waals surface area contributed by atoms with Crippen LogP contribution in [0.15, 0.2) is 12.2 Å². The second kappa shape index (κ2) is 11.2. The number of carboxylic acid groups (broad SMARTS) is 1. The van der Waals surface area contributed by atoms with Crippen molar-refractivity contribution in [1.29, 1.82) is 0 Å². The van der Waals surface area contributed by atoms with E-state index in [1.54, 1.807) is 0 Å². The van der Waals surface area contributed by atoms with Crippen molar-refractivity contribution in [3.05, 3.63) is 12.2 Å². The molecule has 0 aromatic rings. The Bertz CT molecular complexity index is 463. The average Bonchev–Trinajstić information content (AvgIpc) is 2.53. The van der Waals surface area contributed by atoms with Crippen LogP contribution in [0, 0.1) is 0 Å². The van der Waals surface area contributed by atoms with Gasteiger partial charge in [0, 0.05) is 18.7 Å². The Kier molecular flexibility index (Phi) is 10.0. The molecule has 0 aromatic carbocycles. The molecule has 0 spiro atoms. The maximum absolute atomic E-state index is 11.8. The normalized spacial score (nSPS) is 13.2. The maximum Gasteiger partial charge on any atom is 0.330 e. The fourth-order valence-electron chi connectivity index (χ4n) is 1.51. The molecule has 5 N–H and O–H groups in total. The Morgan fingerprint density at radius 1 is 1.26 bits per heavy atom. The lowest BCUT2D eigenvalue weighted by Gasteiger charge is -2.17. The molecule has 0 aromatic heterocycles. The fraction of sp³-hybridized carbons (Fsp3) is 0.571. The van der Waals surface area contributed by atoms with Gasteiger partial charge in [0.1, 0.15) is 6.04 Å². The summed E-state index contributed by atoms with van der Waals surface area (Å²) in [4.78, 5) is 45.1. The van der Waals surface area contributed by atoms with Gasteiger partial charge >= 0.3 is 11.9 Å². The van der Waals surface area contributed by atoms with Crippen molar-refractivity contribution in [2.45, 2.75) is 38.3 Å². The minimum atomic E-state index is -1.31. The first-order valence-electron chi connectivity index (χ1n) is 7.14. The van der Waals surface area contributed by atoms with Gasteiger partial charge in [-0.05, 0) is 6.42 Å². The molecule has 2 amide bonds. The molecule has 130 valence electrons. The standard InChI is InChI=1S/C14H23N3O6/c1-3-4-5-9(15)13(20)17-10(14(21)22)8-16-11(18)6-7-12(19)23-2/h6-7,9-10H,3-5,8,15H2,1-2H3,(H,16,18)(H,17,20)(H,21,22)/b7-6+/t9-,10?/m0/s1. The van der Waals surface area contributed by atoms with Crippen LogP contribution in [0.4, 0.5) is 0 Å². The summed E-state index contributed by atoms with van der Waals surface area (Å²) >= 11 is 0. The van der Waals surface area contributed by atoms with Gasteiger partial charge in [0.15, 0.2) is 0 Å². The van der Waals surface area contributed by atoms with Gasteiger partial charge in [-0.1, -0.05) is 19.8 Å². The highest BCUT2D eigenvalue weighted by Crippen LogP contribution is 1.98. The lowest BCUT2D eigenvalue weighted by molar-refractivity contribution is -0.142. The fourth-order valence-corrected chi connectivity index (χ4v) is 1.51. The number of unbranched alkanes of at least 4 members (excludes halogenated alkanes) is 1. The lowest BCUT2D eigenvalue weighted by Crippen LogP contribution is -2.52. The summed E-state index contributed by atoms with van der Waals surface area (Å²) in [5.74, 6) is -3.31. The van der Waals surface area contributed by atoms with Crippen LogP contribution in [-0.2, 0) is 23.9 Å². The second-order valence-corrected chi connectivity index (χ2v) is 4.75. The lowest BCUT2D eigenvalue weighted by atomic mass is 10.1. The SMILES string of the molecule is CCCC[C@H](N)C(=O)NC(CNC(=O)/C=C/C(=O)OC)C(=O)O. The molecule has 2 atom stereocenters. The van der Waals surface area contributed by atoms with Crippen molar-refractivity contribution in [1.82, 2.24) is 10.6 Å². The average molecular weight is 329 g/mol. The first kappa shape index (κ1) is 20.6. The summed E-state index contributed by atoms with van der Waals surface area (Å²) in [7, 11) is 1.16. The molecule has 0 aliphatic carbocycles. The van der Waals surface area contributed by atoms with Gasteiger partial charge in [-0.15, -0.1) is 0 Å². The molecule has 0 rings (SSSR count). The van der Waals surface area contributed by atoms with E-state index < -0.39 is 35.8 Å². The number of rotatable bonds is 10. The van der Waals surface area contributed by atoms with Gasteiger partial charge in [0.2, 0.25) is 11.8 Å². The molecule has 0 saturated heterocycles. The van der Waals surface area contributed by atoms with Gasteiger partial charge in [-0.2, -0.15) is 0 Å². The molecule has 0 radical (unpaired) electrons. The topological polar surface area (TPSA) is 148 Å². The molecular formula is C14H23N3O6. The number of carbonyl (C=O) groups excluding carboxylic acids is 3. The highest BCUT2D eigenvalue weighted by Gasteiger charge is 2.23. The van der Waals surface area contributed by atoms with Crippen LogP contribution < -0.4 is 16.4 Å². The highest BCUT2D eigenvalue weighted by atomic mass is 16.5. The van der Waals surface area contributed by atoms with Gasteiger partial charge in [0.05, 0.1) is 13.2 Å². The summed E-state index contributed by atoms with van der Waals surface area (Å²) < 4.78 is 4.30. The second-order valence-electron chi connectivity index (χ2n) is 4.75.